The van der Waals surface area contributed by atoms with Crippen LogP contribution in [0.4, 0.5) is 17.6 Å². The number of hydrogen-bond donors (Lipinski definition) is 3. The summed E-state index contributed by atoms with van der Waals surface area (Å²) < 4.78 is 1.96. The van der Waals surface area contributed by atoms with Gasteiger partial charge in [-0.25, -0.2) is 4.98 Å². The van der Waals surface area contributed by atoms with Crippen molar-refractivity contribution in [2.24, 2.45) is 7.05 Å². The van der Waals surface area contributed by atoms with Gasteiger partial charge in [0.2, 0.25) is 5.95 Å². The van der Waals surface area contributed by atoms with Crippen LogP contribution in [-0.2, 0) is 7.05 Å². The summed E-state index contributed by atoms with van der Waals surface area (Å²) in [7, 11) is 1.96. The highest BCUT2D eigenvalue weighted by Gasteiger charge is 2.40. The molecule has 3 N–H and O–H groups in total. The van der Waals surface area contributed by atoms with Gasteiger partial charge in [0, 0.05) is 49.9 Å². The molecule has 0 saturated carbocycles. The molecule has 3 atom stereocenters. The van der Waals surface area contributed by atoms with Crippen LogP contribution in [0.5, 0.6) is 0 Å². The third kappa shape index (κ3) is 3.45. The van der Waals surface area contributed by atoms with Crippen LogP contribution < -0.4 is 10.6 Å². The number of anilines is 3. The summed E-state index contributed by atoms with van der Waals surface area (Å²) in [6.45, 7) is 2.83. The lowest BCUT2D eigenvalue weighted by atomic mass is 9.97. The Labute approximate surface area is 174 Å². The number of hydrogen-bond acceptors (Lipinski definition) is 8. The monoisotopic (exact) mass is 406 g/mol. The van der Waals surface area contributed by atoms with Gasteiger partial charge >= 0.3 is 0 Å². The van der Waals surface area contributed by atoms with Crippen molar-refractivity contribution < 1.29 is 0 Å². The first kappa shape index (κ1) is 18.8. The number of fused-ring (bicyclic) bond motifs is 3. The Balaban J connectivity index is 1.39. The van der Waals surface area contributed by atoms with Gasteiger partial charge in [-0.2, -0.15) is 20.3 Å². The second-order valence-electron chi connectivity index (χ2n) is 8.33. The number of aromatic amines is 1. The molecule has 0 amide bonds. The Hall–Kier alpha value is -3.19. The van der Waals surface area contributed by atoms with E-state index in [4.69, 9.17) is 10.2 Å². The Morgan fingerprint density at radius 1 is 1.27 bits per heavy atom. The van der Waals surface area contributed by atoms with E-state index in [0.717, 1.165) is 36.4 Å². The van der Waals surface area contributed by atoms with Gasteiger partial charge in [-0.05, 0) is 32.6 Å². The van der Waals surface area contributed by atoms with E-state index in [1.165, 1.54) is 12.8 Å². The van der Waals surface area contributed by atoms with Crippen molar-refractivity contribution in [3.8, 4) is 6.07 Å². The molecule has 30 heavy (non-hydrogen) atoms. The van der Waals surface area contributed by atoms with Gasteiger partial charge in [-0.1, -0.05) is 0 Å². The van der Waals surface area contributed by atoms with Crippen LogP contribution in [0, 0.1) is 18.3 Å². The van der Waals surface area contributed by atoms with Gasteiger partial charge in [-0.15, -0.1) is 0 Å². The van der Waals surface area contributed by atoms with Crippen molar-refractivity contribution >= 4 is 28.7 Å². The van der Waals surface area contributed by atoms with E-state index in [1.54, 1.807) is 6.33 Å². The number of imidazole rings is 1. The molecule has 2 fully saturated rings. The summed E-state index contributed by atoms with van der Waals surface area (Å²) >= 11 is 0. The van der Waals surface area contributed by atoms with Crippen LogP contribution in [0.3, 0.4) is 0 Å². The van der Waals surface area contributed by atoms with E-state index in [0.29, 0.717) is 42.0 Å². The molecular formula is C20H26N10. The highest BCUT2D eigenvalue weighted by atomic mass is 15.3. The van der Waals surface area contributed by atoms with E-state index < -0.39 is 0 Å². The average molecular weight is 406 g/mol. The lowest BCUT2D eigenvalue weighted by molar-refractivity contribution is 0.136. The Morgan fingerprint density at radius 3 is 2.77 bits per heavy atom. The number of nitriles is 1. The molecule has 0 radical (unpaired) electrons. The molecule has 10 heteroatoms. The zero-order chi connectivity index (χ0) is 20.7. The van der Waals surface area contributed by atoms with Gasteiger partial charge in [0.05, 0.1) is 12.4 Å². The number of nitrogens with zero attached hydrogens (tertiary/aromatic N) is 7. The zero-order valence-electron chi connectivity index (χ0n) is 17.3. The Bertz CT molecular complexity index is 1080. The molecule has 5 heterocycles. The minimum atomic E-state index is 0.342. The number of aryl methyl sites for hydroxylation is 2. The Morgan fingerprint density at radius 2 is 2.07 bits per heavy atom. The molecule has 10 nitrogen and oxygen atoms in total. The second-order valence-corrected chi connectivity index (χ2v) is 8.33. The van der Waals surface area contributed by atoms with Gasteiger partial charge in [0.1, 0.15) is 5.52 Å². The smallest absolute Gasteiger partial charge is 0.232 e. The van der Waals surface area contributed by atoms with Crippen LogP contribution in [0.2, 0.25) is 0 Å². The summed E-state index contributed by atoms with van der Waals surface area (Å²) in [5, 5.41) is 22.9. The van der Waals surface area contributed by atoms with E-state index >= 15 is 0 Å². The molecule has 2 bridgehead atoms. The summed E-state index contributed by atoms with van der Waals surface area (Å²) in [5.41, 5.74) is 2.52. The molecule has 2 aliphatic heterocycles. The van der Waals surface area contributed by atoms with Crippen molar-refractivity contribution in [2.75, 3.05) is 17.2 Å². The molecule has 0 spiro atoms. The SMILES string of the molecule is Cc1cc(Nc2nc(NC3CC4CC[C@@H](C3)N4CCC#N)c3c(ncn3C)n2)n[nH]1. The molecule has 2 aliphatic rings. The average Bonchev–Trinajstić information content (AvgIpc) is 3.36. The minimum absolute atomic E-state index is 0.342. The second kappa shape index (κ2) is 7.57. The molecule has 3 aromatic heterocycles. The number of rotatable bonds is 6. The molecule has 156 valence electrons. The van der Waals surface area contributed by atoms with E-state index in [2.05, 4.69) is 41.8 Å². The van der Waals surface area contributed by atoms with E-state index in [1.807, 2.05) is 24.6 Å². The summed E-state index contributed by atoms with van der Waals surface area (Å²) in [4.78, 5) is 16.3. The topological polar surface area (TPSA) is 123 Å². The fourth-order valence-electron chi connectivity index (χ4n) is 4.94. The van der Waals surface area contributed by atoms with Crippen LogP contribution in [0.15, 0.2) is 12.4 Å². The standard InChI is InChI=1S/C20H26N10/c1-12-8-16(28-27-12)24-20-25-18-17(29(2)11-22-18)19(26-20)23-13-9-14-4-5-15(10-13)30(14)7-3-6-21/h8,11,13-15H,3-5,7,9-10H2,1-2H3,(H3,23,24,25,26,27,28)/t13?,14-,15?/m0/s1. The van der Waals surface area contributed by atoms with Crippen LogP contribution in [-0.4, -0.2) is 59.3 Å². The van der Waals surface area contributed by atoms with Crippen LogP contribution in [0.25, 0.3) is 11.2 Å². The van der Waals surface area contributed by atoms with Gasteiger partial charge < -0.3 is 15.2 Å². The van der Waals surface area contributed by atoms with E-state index in [-0.39, 0.29) is 0 Å². The first-order chi connectivity index (χ1) is 14.6. The third-order valence-corrected chi connectivity index (χ3v) is 6.22. The molecule has 2 unspecified atom stereocenters. The number of H-pyrrole nitrogens is 1. The maximum atomic E-state index is 8.95. The number of nitrogens with one attached hydrogen (secondary N) is 3. The molecule has 5 rings (SSSR count). The minimum Gasteiger partial charge on any atom is -0.365 e. The molecule has 0 aliphatic carbocycles. The fourth-order valence-corrected chi connectivity index (χ4v) is 4.94. The lowest BCUT2D eigenvalue weighted by Gasteiger charge is -2.39. The molecule has 0 aromatic carbocycles. The normalized spacial score (nSPS) is 23.6. The van der Waals surface area contributed by atoms with Gasteiger partial charge in [0.15, 0.2) is 17.3 Å². The van der Waals surface area contributed by atoms with Crippen molar-refractivity contribution in [2.45, 2.75) is 57.2 Å². The van der Waals surface area contributed by atoms with E-state index in [9.17, 15) is 0 Å². The number of aromatic nitrogens is 6. The molecule has 3 aromatic rings. The summed E-state index contributed by atoms with van der Waals surface area (Å²) in [6.07, 6.45) is 6.92. The first-order valence-electron chi connectivity index (χ1n) is 10.5. The Kier molecular flexibility index (Phi) is 4.75. The predicted octanol–water partition coefficient (Wildman–Crippen LogP) is 2.46. The summed E-state index contributed by atoms with van der Waals surface area (Å²) in [6, 6.07) is 5.63. The maximum Gasteiger partial charge on any atom is 0.232 e. The lowest BCUT2D eigenvalue weighted by Crippen LogP contribution is -2.47. The predicted molar refractivity (Wildman–Crippen MR) is 113 cm³/mol. The quantitative estimate of drug-likeness (QED) is 0.570. The molecule has 2 saturated heterocycles. The van der Waals surface area contributed by atoms with Crippen LogP contribution in [0.1, 0.15) is 37.8 Å². The number of piperidine rings is 1. The highest BCUT2D eigenvalue weighted by molar-refractivity contribution is 5.85. The largest absolute Gasteiger partial charge is 0.365 e. The maximum absolute atomic E-state index is 8.95. The summed E-state index contributed by atoms with van der Waals surface area (Å²) in [5.74, 6) is 1.95. The first-order valence-corrected chi connectivity index (χ1v) is 10.5. The van der Waals surface area contributed by atoms with Crippen molar-refractivity contribution in [3.05, 3.63) is 18.1 Å². The fraction of sp³-hybridized carbons (Fsp3) is 0.550. The highest BCUT2D eigenvalue weighted by Crippen LogP contribution is 2.37. The van der Waals surface area contributed by atoms with Crippen molar-refractivity contribution in [1.82, 2.24) is 34.6 Å². The molecular weight excluding hydrogens is 380 g/mol. The van der Waals surface area contributed by atoms with Crippen molar-refractivity contribution in [3.63, 3.8) is 0 Å². The van der Waals surface area contributed by atoms with Gasteiger partial charge in [-0.3, -0.25) is 10.00 Å². The zero-order valence-corrected chi connectivity index (χ0v) is 17.3. The van der Waals surface area contributed by atoms with Crippen LogP contribution >= 0.6 is 0 Å². The van der Waals surface area contributed by atoms with Gasteiger partial charge in [0.25, 0.3) is 0 Å². The van der Waals surface area contributed by atoms with Crippen molar-refractivity contribution in [1.29, 1.82) is 5.26 Å². The third-order valence-electron chi connectivity index (χ3n) is 6.22.